The number of piperidine rings is 1. The predicted molar refractivity (Wildman–Crippen MR) is 68.8 cm³/mol. The van der Waals surface area contributed by atoms with Crippen LogP contribution in [-0.4, -0.2) is 27.9 Å². The largest absolute Gasteiger partial charge is 0.398 e. The normalized spacial score (nSPS) is 22.1. The van der Waals surface area contributed by atoms with E-state index < -0.39 is 0 Å². The Morgan fingerprint density at radius 3 is 3.00 bits per heavy atom. The minimum atomic E-state index is 0.463. The second-order valence-electron chi connectivity index (χ2n) is 4.89. The van der Waals surface area contributed by atoms with Gasteiger partial charge in [-0.2, -0.15) is 0 Å². The molecule has 0 aromatic carbocycles. The predicted octanol–water partition coefficient (Wildman–Crippen LogP) is 2.07. The third kappa shape index (κ3) is 1.89. The molecule has 4 heteroatoms. The lowest BCUT2D eigenvalue weighted by molar-refractivity contribution is 0.184. The van der Waals surface area contributed by atoms with E-state index in [-0.39, 0.29) is 0 Å². The van der Waals surface area contributed by atoms with E-state index in [0.29, 0.717) is 6.04 Å². The van der Waals surface area contributed by atoms with Crippen LogP contribution in [0.5, 0.6) is 0 Å². The average Bonchev–Trinajstić information content (AvgIpc) is 2.72. The maximum Gasteiger partial charge on any atom is 0.137 e. The van der Waals surface area contributed by atoms with E-state index in [0.717, 1.165) is 17.0 Å². The van der Waals surface area contributed by atoms with Crippen LogP contribution in [0.4, 0.5) is 5.69 Å². The van der Waals surface area contributed by atoms with Crippen molar-refractivity contribution in [3.63, 3.8) is 0 Å². The van der Waals surface area contributed by atoms with Crippen molar-refractivity contribution in [3.05, 3.63) is 30.2 Å². The second-order valence-corrected chi connectivity index (χ2v) is 4.89. The van der Waals surface area contributed by atoms with Gasteiger partial charge >= 0.3 is 0 Å². The molecule has 1 fully saturated rings. The zero-order valence-electron chi connectivity index (χ0n) is 10.1. The number of hydrogen-bond acceptors (Lipinski definition) is 3. The Morgan fingerprint density at radius 2 is 2.18 bits per heavy atom. The number of imidazole rings is 1. The van der Waals surface area contributed by atoms with Crippen molar-refractivity contribution >= 4 is 11.3 Å². The van der Waals surface area contributed by atoms with E-state index in [1.54, 1.807) is 0 Å². The van der Waals surface area contributed by atoms with Crippen molar-refractivity contribution in [3.8, 4) is 0 Å². The van der Waals surface area contributed by atoms with Crippen LogP contribution in [0.2, 0.25) is 0 Å². The number of anilines is 1. The molecule has 0 spiro atoms. The minimum absolute atomic E-state index is 0.463. The molecule has 1 atom stereocenters. The molecule has 0 unspecified atom stereocenters. The molecule has 2 aromatic rings. The van der Waals surface area contributed by atoms with Gasteiger partial charge in [-0.1, -0.05) is 6.42 Å². The van der Waals surface area contributed by atoms with Crippen LogP contribution in [0.15, 0.2) is 24.5 Å². The van der Waals surface area contributed by atoms with Crippen molar-refractivity contribution in [1.82, 2.24) is 14.3 Å². The Balaban J connectivity index is 1.99. The smallest absolute Gasteiger partial charge is 0.137 e. The highest BCUT2D eigenvalue weighted by molar-refractivity contribution is 5.48. The van der Waals surface area contributed by atoms with Crippen molar-refractivity contribution in [1.29, 1.82) is 0 Å². The summed E-state index contributed by atoms with van der Waals surface area (Å²) in [4.78, 5) is 7.09. The zero-order chi connectivity index (χ0) is 11.8. The summed E-state index contributed by atoms with van der Waals surface area (Å²) in [5.41, 5.74) is 8.70. The number of nitrogens with zero attached hydrogens (tertiary/aromatic N) is 3. The van der Waals surface area contributed by atoms with Crippen LogP contribution in [0.3, 0.4) is 0 Å². The maximum absolute atomic E-state index is 5.78. The van der Waals surface area contributed by atoms with Crippen LogP contribution in [0, 0.1) is 0 Å². The van der Waals surface area contributed by atoms with Gasteiger partial charge in [0.2, 0.25) is 0 Å². The van der Waals surface area contributed by atoms with Crippen molar-refractivity contribution in [2.45, 2.75) is 25.3 Å². The quantitative estimate of drug-likeness (QED) is 0.815. The lowest BCUT2D eigenvalue weighted by Gasteiger charge is -2.31. The van der Waals surface area contributed by atoms with Gasteiger partial charge in [0.1, 0.15) is 5.65 Å². The monoisotopic (exact) mass is 230 g/mol. The van der Waals surface area contributed by atoms with Gasteiger partial charge in [0.15, 0.2) is 0 Å². The number of rotatable bonds is 1. The molecule has 0 saturated carbocycles. The van der Waals surface area contributed by atoms with Crippen LogP contribution < -0.4 is 5.73 Å². The van der Waals surface area contributed by atoms with Gasteiger partial charge < -0.3 is 10.1 Å². The van der Waals surface area contributed by atoms with Crippen LogP contribution in [-0.2, 0) is 0 Å². The average molecular weight is 230 g/mol. The third-order valence-corrected chi connectivity index (χ3v) is 3.60. The molecule has 0 aliphatic carbocycles. The van der Waals surface area contributed by atoms with E-state index in [1.165, 1.54) is 25.8 Å². The van der Waals surface area contributed by atoms with E-state index in [9.17, 15) is 0 Å². The first-order chi connectivity index (χ1) is 8.24. The highest BCUT2D eigenvalue weighted by atomic mass is 15.2. The molecule has 4 nitrogen and oxygen atoms in total. The Labute approximate surface area is 101 Å². The fourth-order valence-corrected chi connectivity index (χ4v) is 2.64. The molecule has 1 saturated heterocycles. The first-order valence-electron chi connectivity index (χ1n) is 6.18. The number of hydrogen-bond donors (Lipinski definition) is 1. The number of fused-ring (bicyclic) bond motifs is 1. The van der Waals surface area contributed by atoms with Gasteiger partial charge in [-0.05, 0) is 38.6 Å². The second kappa shape index (κ2) is 4.04. The standard InChI is InChI=1S/C13H18N4/c1-16-7-3-2-4-12(16)11-9-17-8-10(14)5-6-13(17)15-11/h5-6,8-9,12H,2-4,7,14H2,1H3/t12-/m1/s1. The molecule has 0 radical (unpaired) electrons. The molecule has 17 heavy (non-hydrogen) atoms. The van der Waals surface area contributed by atoms with Crippen LogP contribution in [0.25, 0.3) is 5.65 Å². The molecule has 3 rings (SSSR count). The lowest BCUT2D eigenvalue weighted by Crippen LogP contribution is -2.29. The molecule has 0 bridgehead atoms. The maximum atomic E-state index is 5.78. The first-order valence-corrected chi connectivity index (χ1v) is 6.18. The van der Waals surface area contributed by atoms with E-state index in [4.69, 9.17) is 10.7 Å². The number of pyridine rings is 1. The SMILES string of the molecule is CN1CCCC[C@@H]1c1cn2cc(N)ccc2n1. The molecular weight excluding hydrogens is 212 g/mol. The number of nitrogen functional groups attached to an aromatic ring is 1. The molecule has 2 N–H and O–H groups in total. The molecule has 2 aromatic heterocycles. The van der Waals surface area contributed by atoms with Crippen molar-refractivity contribution < 1.29 is 0 Å². The minimum Gasteiger partial charge on any atom is -0.398 e. The molecule has 90 valence electrons. The zero-order valence-corrected chi connectivity index (χ0v) is 10.1. The Morgan fingerprint density at radius 1 is 1.29 bits per heavy atom. The fraction of sp³-hybridized carbons (Fsp3) is 0.462. The van der Waals surface area contributed by atoms with Gasteiger partial charge in [-0.15, -0.1) is 0 Å². The molecule has 3 heterocycles. The molecule has 1 aliphatic rings. The van der Waals surface area contributed by atoms with Crippen LogP contribution in [0.1, 0.15) is 31.0 Å². The summed E-state index contributed by atoms with van der Waals surface area (Å²) in [6.45, 7) is 1.17. The fourth-order valence-electron chi connectivity index (χ4n) is 2.64. The highest BCUT2D eigenvalue weighted by Gasteiger charge is 2.22. The van der Waals surface area contributed by atoms with Gasteiger partial charge in [0.05, 0.1) is 11.7 Å². The Hall–Kier alpha value is -1.55. The summed E-state index contributed by atoms with van der Waals surface area (Å²) in [6, 6.07) is 4.34. The van der Waals surface area contributed by atoms with Gasteiger partial charge in [0.25, 0.3) is 0 Å². The van der Waals surface area contributed by atoms with Crippen molar-refractivity contribution in [2.24, 2.45) is 0 Å². The lowest BCUT2D eigenvalue weighted by atomic mass is 10.0. The summed E-state index contributed by atoms with van der Waals surface area (Å²) in [5, 5.41) is 0. The Kier molecular flexibility index (Phi) is 2.52. The van der Waals surface area contributed by atoms with Gasteiger partial charge in [0, 0.05) is 18.1 Å². The van der Waals surface area contributed by atoms with E-state index in [1.807, 2.05) is 22.7 Å². The number of aromatic nitrogens is 2. The molecular formula is C13H18N4. The number of likely N-dealkylation sites (tertiary alicyclic amines) is 1. The molecule has 1 aliphatic heterocycles. The number of nitrogens with two attached hydrogens (primary N) is 1. The van der Waals surface area contributed by atoms with E-state index >= 15 is 0 Å². The van der Waals surface area contributed by atoms with Crippen LogP contribution >= 0.6 is 0 Å². The first kappa shape index (κ1) is 10.6. The van der Waals surface area contributed by atoms with E-state index in [2.05, 4.69) is 18.1 Å². The summed E-state index contributed by atoms with van der Waals surface area (Å²) in [5.74, 6) is 0. The molecule has 0 amide bonds. The van der Waals surface area contributed by atoms with Gasteiger partial charge in [-0.3, -0.25) is 4.90 Å². The summed E-state index contributed by atoms with van der Waals surface area (Å²) in [6.07, 6.45) is 7.83. The third-order valence-electron chi connectivity index (χ3n) is 3.60. The summed E-state index contributed by atoms with van der Waals surface area (Å²) < 4.78 is 2.02. The topological polar surface area (TPSA) is 46.6 Å². The Bertz CT molecular complexity index is 531. The highest BCUT2D eigenvalue weighted by Crippen LogP contribution is 2.29. The van der Waals surface area contributed by atoms with Gasteiger partial charge in [-0.25, -0.2) is 4.98 Å². The summed E-state index contributed by atoms with van der Waals surface area (Å²) >= 11 is 0. The van der Waals surface area contributed by atoms with Crippen molar-refractivity contribution in [2.75, 3.05) is 19.3 Å². The summed E-state index contributed by atoms with van der Waals surface area (Å²) in [7, 11) is 2.18.